The van der Waals surface area contributed by atoms with Crippen molar-refractivity contribution >= 4 is 11.9 Å². The van der Waals surface area contributed by atoms with Crippen molar-refractivity contribution in [3.05, 3.63) is 0 Å². The Morgan fingerprint density at radius 3 is 2.60 bits per heavy atom. The molecule has 0 heterocycles. The molecule has 0 aromatic carbocycles. The molecule has 0 radical (unpaired) electrons. The van der Waals surface area contributed by atoms with Gasteiger partial charge in [-0.3, -0.25) is 10.2 Å². The molecule has 0 aromatic rings. The fraction of sp³-hybridized carbons (Fsp3) is 0.500. The second kappa shape index (κ2) is 3.67. The number of nitrogens with one attached hydrogen (secondary N) is 2. The number of carboxylic acid groups (broad SMARTS) is 1. The summed E-state index contributed by atoms with van der Waals surface area (Å²) in [4.78, 5) is 9.96. The van der Waals surface area contributed by atoms with Crippen LogP contribution in [0.3, 0.4) is 0 Å². The Hall–Kier alpha value is -1.30. The van der Waals surface area contributed by atoms with E-state index >= 15 is 0 Å². The summed E-state index contributed by atoms with van der Waals surface area (Å²) >= 11 is 0. The lowest BCUT2D eigenvalue weighted by Gasteiger charge is -2.09. The smallest absolute Gasteiger partial charge is 0.306 e. The Labute approximate surface area is 57.7 Å². The fourth-order valence-electron chi connectivity index (χ4n) is 0.439. The molecule has 0 aromatic heterocycles. The molecule has 0 amide bonds. The van der Waals surface area contributed by atoms with Gasteiger partial charge in [0.15, 0.2) is 5.96 Å². The van der Waals surface area contributed by atoms with Crippen molar-refractivity contribution in [2.75, 3.05) is 0 Å². The SMILES string of the molecule is N=C(N)NC(N)CC(=O)O. The summed E-state index contributed by atoms with van der Waals surface area (Å²) in [5.41, 5.74) is 10.0. The van der Waals surface area contributed by atoms with Gasteiger partial charge < -0.3 is 21.9 Å². The average molecular weight is 146 g/mol. The van der Waals surface area contributed by atoms with Crippen molar-refractivity contribution in [1.29, 1.82) is 5.41 Å². The minimum absolute atomic E-state index is 0.250. The summed E-state index contributed by atoms with van der Waals surface area (Å²) in [6, 6.07) is 0. The van der Waals surface area contributed by atoms with Gasteiger partial charge in [0.05, 0.1) is 12.6 Å². The van der Waals surface area contributed by atoms with Crippen LogP contribution in [0, 0.1) is 5.41 Å². The van der Waals surface area contributed by atoms with E-state index in [1.807, 2.05) is 0 Å². The summed E-state index contributed by atoms with van der Waals surface area (Å²) in [5.74, 6) is -1.35. The van der Waals surface area contributed by atoms with E-state index in [0.717, 1.165) is 0 Å². The second-order valence-electron chi connectivity index (χ2n) is 1.76. The Kier molecular flexibility index (Phi) is 3.20. The second-order valence-corrected chi connectivity index (χ2v) is 1.76. The van der Waals surface area contributed by atoms with E-state index in [4.69, 9.17) is 22.0 Å². The molecular formula is C4H10N4O2. The first-order valence-electron chi connectivity index (χ1n) is 2.60. The molecule has 0 aliphatic carbocycles. The highest BCUT2D eigenvalue weighted by Crippen LogP contribution is 1.80. The standard InChI is InChI=1S/C4H10N4O2/c5-2(1-3(9)10)8-4(6)7/h2H,1,5H2,(H,9,10)(H4,6,7,8). The summed E-state index contributed by atoms with van der Waals surface area (Å²) in [5, 5.41) is 17.1. The van der Waals surface area contributed by atoms with Crippen LogP contribution in [0.2, 0.25) is 0 Å². The number of guanidine groups is 1. The zero-order valence-electron chi connectivity index (χ0n) is 5.29. The normalized spacial score (nSPS) is 12.1. The van der Waals surface area contributed by atoms with Crippen molar-refractivity contribution in [3.8, 4) is 0 Å². The van der Waals surface area contributed by atoms with Crippen LogP contribution in [0.25, 0.3) is 0 Å². The minimum atomic E-state index is -1.03. The largest absolute Gasteiger partial charge is 0.481 e. The van der Waals surface area contributed by atoms with Crippen LogP contribution in [0.5, 0.6) is 0 Å². The summed E-state index contributed by atoms with van der Waals surface area (Å²) in [6.45, 7) is 0. The molecule has 0 fully saturated rings. The predicted molar refractivity (Wildman–Crippen MR) is 35.3 cm³/mol. The molecule has 1 unspecified atom stereocenters. The molecule has 0 bridgehead atoms. The predicted octanol–water partition coefficient (Wildman–Crippen LogP) is -1.77. The average Bonchev–Trinajstić information content (AvgIpc) is 1.58. The zero-order chi connectivity index (χ0) is 8.15. The van der Waals surface area contributed by atoms with Crippen LogP contribution >= 0.6 is 0 Å². The lowest BCUT2D eigenvalue weighted by atomic mass is 10.3. The first-order valence-corrected chi connectivity index (χ1v) is 2.60. The molecule has 0 aliphatic heterocycles. The first-order chi connectivity index (χ1) is 4.52. The molecule has 1 atom stereocenters. The maximum Gasteiger partial charge on any atom is 0.306 e. The van der Waals surface area contributed by atoms with Gasteiger partial charge in [0.25, 0.3) is 0 Å². The molecule has 0 spiro atoms. The molecule has 0 saturated carbocycles. The summed E-state index contributed by atoms with van der Waals surface area (Å²) in [6.07, 6.45) is -1.03. The molecule has 6 heteroatoms. The lowest BCUT2D eigenvalue weighted by Crippen LogP contribution is -2.45. The van der Waals surface area contributed by atoms with Gasteiger partial charge in [-0.15, -0.1) is 0 Å². The minimum Gasteiger partial charge on any atom is -0.481 e. The molecule has 0 saturated heterocycles. The van der Waals surface area contributed by atoms with Gasteiger partial charge in [-0.2, -0.15) is 0 Å². The molecule has 58 valence electrons. The van der Waals surface area contributed by atoms with Crippen molar-refractivity contribution in [3.63, 3.8) is 0 Å². The van der Waals surface area contributed by atoms with Crippen molar-refractivity contribution in [2.45, 2.75) is 12.6 Å². The van der Waals surface area contributed by atoms with Crippen molar-refractivity contribution < 1.29 is 9.90 Å². The van der Waals surface area contributed by atoms with Crippen LogP contribution in [0.4, 0.5) is 0 Å². The Balaban J connectivity index is 3.53. The lowest BCUT2D eigenvalue weighted by molar-refractivity contribution is -0.137. The van der Waals surface area contributed by atoms with E-state index in [9.17, 15) is 4.79 Å². The van der Waals surface area contributed by atoms with Gasteiger partial charge in [-0.1, -0.05) is 0 Å². The first kappa shape index (κ1) is 8.70. The Bertz CT molecular complexity index is 130. The van der Waals surface area contributed by atoms with Gasteiger partial charge in [0, 0.05) is 0 Å². The molecule has 6 nitrogen and oxygen atoms in total. The summed E-state index contributed by atoms with van der Waals surface area (Å²) < 4.78 is 0. The Morgan fingerprint density at radius 1 is 1.80 bits per heavy atom. The van der Waals surface area contributed by atoms with Crippen LogP contribution in [0.1, 0.15) is 6.42 Å². The highest BCUT2D eigenvalue weighted by molar-refractivity contribution is 5.75. The number of hydrogen-bond acceptors (Lipinski definition) is 3. The van der Waals surface area contributed by atoms with Crippen LogP contribution in [0.15, 0.2) is 0 Å². The van der Waals surface area contributed by atoms with Gasteiger partial charge in [-0.05, 0) is 0 Å². The van der Waals surface area contributed by atoms with Gasteiger partial charge in [0.1, 0.15) is 0 Å². The number of carbonyl (C=O) groups is 1. The number of carboxylic acids is 1. The maximum absolute atomic E-state index is 9.96. The van der Waals surface area contributed by atoms with Crippen LogP contribution < -0.4 is 16.8 Å². The van der Waals surface area contributed by atoms with E-state index in [1.54, 1.807) is 0 Å². The third kappa shape index (κ3) is 4.85. The monoisotopic (exact) mass is 146 g/mol. The quantitative estimate of drug-likeness (QED) is 0.183. The van der Waals surface area contributed by atoms with Gasteiger partial charge in [-0.25, -0.2) is 0 Å². The van der Waals surface area contributed by atoms with Crippen molar-refractivity contribution in [2.24, 2.45) is 11.5 Å². The highest BCUT2D eigenvalue weighted by atomic mass is 16.4. The highest BCUT2D eigenvalue weighted by Gasteiger charge is 2.06. The van der Waals surface area contributed by atoms with Crippen molar-refractivity contribution in [1.82, 2.24) is 5.32 Å². The van der Waals surface area contributed by atoms with E-state index in [2.05, 4.69) is 5.32 Å². The van der Waals surface area contributed by atoms with E-state index < -0.39 is 12.1 Å². The zero-order valence-corrected chi connectivity index (χ0v) is 5.29. The summed E-state index contributed by atoms with van der Waals surface area (Å²) in [7, 11) is 0. The number of nitrogens with two attached hydrogens (primary N) is 2. The van der Waals surface area contributed by atoms with E-state index in [-0.39, 0.29) is 12.4 Å². The maximum atomic E-state index is 9.96. The molecule has 0 aliphatic rings. The molecule has 0 rings (SSSR count). The molecule has 10 heavy (non-hydrogen) atoms. The molecule has 7 N–H and O–H groups in total. The third-order valence-electron chi connectivity index (χ3n) is 0.735. The van der Waals surface area contributed by atoms with E-state index in [0.29, 0.717) is 0 Å². The Morgan fingerprint density at radius 2 is 2.30 bits per heavy atom. The van der Waals surface area contributed by atoms with Gasteiger partial charge >= 0.3 is 5.97 Å². The fourth-order valence-corrected chi connectivity index (χ4v) is 0.439. The number of aliphatic carboxylic acids is 1. The van der Waals surface area contributed by atoms with Crippen LogP contribution in [-0.4, -0.2) is 23.2 Å². The molecular weight excluding hydrogens is 136 g/mol. The number of hydrogen-bond donors (Lipinski definition) is 5. The topological polar surface area (TPSA) is 125 Å². The number of rotatable bonds is 3. The van der Waals surface area contributed by atoms with E-state index in [1.165, 1.54) is 0 Å². The third-order valence-corrected chi connectivity index (χ3v) is 0.735. The van der Waals surface area contributed by atoms with Gasteiger partial charge in [0.2, 0.25) is 0 Å². The van der Waals surface area contributed by atoms with Crippen LogP contribution in [-0.2, 0) is 4.79 Å².